The fourth-order valence-corrected chi connectivity index (χ4v) is 3.31. The molecule has 1 saturated heterocycles. The van der Waals surface area contributed by atoms with Crippen LogP contribution in [0.2, 0.25) is 0 Å². The summed E-state index contributed by atoms with van der Waals surface area (Å²) >= 11 is 0. The molecular weight excluding hydrogens is 288 g/mol. The number of rotatable bonds is 4. The van der Waals surface area contributed by atoms with Crippen molar-refractivity contribution in [2.75, 3.05) is 26.2 Å². The summed E-state index contributed by atoms with van der Waals surface area (Å²) < 4.78 is 0. The van der Waals surface area contributed by atoms with Crippen molar-refractivity contribution < 1.29 is 5.11 Å². The van der Waals surface area contributed by atoms with E-state index in [4.69, 9.17) is 4.98 Å². The number of aryl methyl sites for hydroxylation is 1. The normalized spacial score (nSPS) is 21.7. The van der Waals surface area contributed by atoms with Gasteiger partial charge < -0.3 is 5.11 Å². The van der Waals surface area contributed by atoms with Crippen molar-refractivity contribution in [1.82, 2.24) is 19.8 Å². The zero-order valence-corrected chi connectivity index (χ0v) is 14.2. The van der Waals surface area contributed by atoms with Gasteiger partial charge in [0, 0.05) is 38.8 Å². The molecule has 1 fully saturated rings. The van der Waals surface area contributed by atoms with Gasteiger partial charge in [-0.3, -0.25) is 9.80 Å². The van der Waals surface area contributed by atoms with Crippen LogP contribution in [0.15, 0.2) is 24.3 Å². The van der Waals surface area contributed by atoms with Crippen molar-refractivity contribution >= 4 is 11.0 Å². The highest BCUT2D eigenvalue weighted by Crippen LogP contribution is 2.16. The van der Waals surface area contributed by atoms with Crippen LogP contribution >= 0.6 is 0 Å². The molecule has 0 unspecified atom stereocenters. The van der Waals surface area contributed by atoms with Crippen molar-refractivity contribution in [3.05, 3.63) is 35.7 Å². The summed E-state index contributed by atoms with van der Waals surface area (Å²) in [6.07, 6.45) is -0.266. The van der Waals surface area contributed by atoms with Crippen LogP contribution in [0.5, 0.6) is 0 Å². The van der Waals surface area contributed by atoms with Gasteiger partial charge in [-0.05, 0) is 32.9 Å². The van der Waals surface area contributed by atoms with Gasteiger partial charge in [-0.25, -0.2) is 9.97 Å². The molecule has 0 radical (unpaired) electrons. The Bertz CT molecular complexity index is 673. The number of fused-ring (bicyclic) bond motifs is 1. The summed E-state index contributed by atoms with van der Waals surface area (Å²) in [5.74, 6) is 0. The SMILES string of the molecule is Cc1nc2ccccc2nc1CN1CCN(C[C@@H](C)O)[C@H](C)C1. The van der Waals surface area contributed by atoms with E-state index < -0.39 is 0 Å². The van der Waals surface area contributed by atoms with Crippen LogP contribution in [0.4, 0.5) is 0 Å². The van der Waals surface area contributed by atoms with Crippen molar-refractivity contribution in [1.29, 1.82) is 0 Å². The number of β-amino-alcohol motifs (C(OH)–C–C–N with tert-alkyl or cyclic N) is 1. The molecule has 3 rings (SSSR count). The summed E-state index contributed by atoms with van der Waals surface area (Å²) in [5.41, 5.74) is 4.01. The molecule has 5 nitrogen and oxygen atoms in total. The van der Waals surface area contributed by atoms with Gasteiger partial charge in [0.2, 0.25) is 0 Å². The maximum absolute atomic E-state index is 9.59. The van der Waals surface area contributed by atoms with E-state index in [1.54, 1.807) is 0 Å². The minimum atomic E-state index is -0.266. The monoisotopic (exact) mass is 314 g/mol. The third-order valence-electron chi connectivity index (χ3n) is 4.56. The number of aromatic nitrogens is 2. The molecule has 2 atom stereocenters. The molecule has 1 aliphatic heterocycles. The van der Waals surface area contributed by atoms with E-state index in [2.05, 4.69) is 21.7 Å². The van der Waals surface area contributed by atoms with Crippen molar-refractivity contribution in [3.8, 4) is 0 Å². The maximum Gasteiger partial charge on any atom is 0.0890 e. The fraction of sp³-hybridized carbons (Fsp3) is 0.556. The Balaban J connectivity index is 1.69. The second-order valence-electron chi connectivity index (χ2n) is 6.67. The average Bonchev–Trinajstić information content (AvgIpc) is 2.50. The molecule has 1 aliphatic rings. The van der Waals surface area contributed by atoms with Crippen molar-refractivity contribution in [2.45, 2.75) is 39.5 Å². The molecule has 0 aliphatic carbocycles. The van der Waals surface area contributed by atoms with Crippen LogP contribution in [-0.2, 0) is 6.54 Å². The van der Waals surface area contributed by atoms with Crippen LogP contribution in [0.25, 0.3) is 11.0 Å². The Kier molecular flexibility index (Phi) is 4.90. The number of para-hydroxylation sites is 2. The summed E-state index contributed by atoms with van der Waals surface area (Å²) in [6, 6.07) is 8.49. The van der Waals surface area contributed by atoms with Crippen LogP contribution < -0.4 is 0 Å². The van der Waals surface area contributed by atoms with E-state index in [0.717, 1.165) is 55.1 Å². The van der Waals surface area contributed by atoms with Crippen LogP contribution in [0, 0.1) is 6.92 Å². The molecule has 5 heteroatoms. The lowest BCUT2D eigenvalue weighted by molar-refractivity contribution is 0.0418. The van der Waals surface area contributed by atoms with Crippen LogP contribution in [0.3, 0.4) is 0 Å². The van der Waals surface area contributed by atoms with E-state index in [9.17, 15) is 5.11 Å². The maximum atomic E-state index is 9.59. The molecule has 1 aromatic carbocycles. The largest absolute Gasteiger partial charge is 0.392 e. The smallest absolute Gasteiger partial charge is 0.0890 e. The molecule has 2 aromatic rings. The third kappa shape index (κ3) is 3.86. The van der Waals surface area contributed by atoms with Gasteiger partial charge in [-0.15, -0.1) is 0 Å². The lowest BCUT2D eigenvalue weighted by Crippen LogP contribution is -2.53. The van der Waals surface area contributed by atoms with E-state index in [1.165, 1.54) is 0 Å². The molecule has 0 saturated carbocycles. The number of hydrogen-bond donors (Lipinski definition) is 1. The molecule has 124 valence electrons. The summed E-state index contributed by atoms with van der Waals surface area (Å²) in [7, 11) is 0. The number of piperazine rings is 1. The highest BCUT2D eigenvalue weighted by molar-refractivity contribution is 5.74. The lowest BCUT2D eigenvalue weighted by Gasteiger charge is -2.40. The van der Waals surface area contributed by atoms with Gasteiger partial charge in [0.1, 0.15) is 0 Å². The van der Waals surface area contributed by atoms with Gasteiger partial charge in [0.25, 0.3) is 0 Å². The number of aliphatic hydroxyl groups is 1. The first-order valence-corrected chi connectivity index (χ1v) is 8.39. The standard InChI is InChI=1S/C18H26N4O/c1-13-10-21(8-9-22(13)11-14(2)23)12-18-15(3)19-16-6-4-5-7-17(16)20-18/h4-7,13-14,23H,8-12H2,1-3H3/t13-,14-/m1/s1. The topological polar surface area (TPSA) is 52.5 Å². The Morgan fingerprint density at radius 2 is 1.91 bits per heavy atom. The molecule has 1 N–H and O–H groups in total. The molecule has 0 spiro atoms. The van der Waals surface area contributed by atoms with Gasteiger partial charge in [0.05, 0.1) is 28.5 Å². The highest BCUT2D eigenvalue weighted by Gasteiger charge is 2.25. The number of aliphatic hydroxyl groups excluding tert-OH is 1. The molecule has 0 bridgehead atoms. The first-order chi connectivity index (χ1) is 11.0. The predicted octanol–water partition coefficient (Wildman–Crippen LogP) is 1.83. The quantitative estimate of drug-likeness (QED) is 0.933. The van der Waals surface area contributed by atoms with E-state index in [1.807, 2.05) is 38.1 Å². The lowest BCUT2D eigenvalue weighted by atomic mass is 10.1. The van der Waals surface area contributed by atoms with Gasteiger partial charge in [0.15, 0.2) is 0 Å². The van der Waals surface area contributed by atoms with E-state index in [0.29, 0.717) is 6.04 Å². The number of benzene rings is 1. The van der Waals surface area contributed by atoms with Crippen molar-refractivity contribution in [2.24, 2.45) is 0 Å². The number of nitrogens with zero attached hydrogens (tertiary/aromatic N) is 4. The summed E-state index contributed by atoms with van der Waals surface area (Å²) in [6.45, 7) is 10.7. The Morgan fingerprint density at radius 3 is 2.57 bits per heavy atom. The highest BCUT2D eigenvalue weighted by atomic mass is 16.3. The molecule has 23 heavy (non-hydrogen) atoms. The van der Waals surface area contributed by atoms with E-state index in [-0.39, 0.29) is 6.10 Å². The fourth-order valence-electron chi connectivity index (χ4n) is 3.31. The minimum absolute atomic E-state index is 0.266. The van der Waals surface area contributed by atoms with Gasteiger partial charge in [-0.2, -0.15) is 0 Å². The number of hydrogen-bond acceptors (Lipinski definition) is 5. The second kappa shape index (κ2) is 6.91. The Morgan fingerprint density at radius 1 is 1.22 bits per heavy atom. The first-order valence-electron chi connectivity index (χ1n) is 8.39. The molecule has 1 aromatic heterocycles. The summed E-state index contributed by atoms with van der Waals surface area (Å²) in [5, 5.41) is 9.59. The predicted molar refractivity (Wildman–Crippen MR) is 92.3 cm³/mol. The Labute approximate surface area is 138 Å². The minimum Gasteiger partial charge on any atom is -0.392 e. The first kappa shape index (κ1) is 16.3. The average molecular weight is 314 g/mol. The Hall–Kier alpha value is -1.56. The molecular formula is C18H26N4O. The zero-order valence-electron chi connectivity index (χ0n) is 14.2. The molecule has 0 amide bonds. The zero-order chi connectivity index (χ0) is 16.4. The summed E-state index contributed by atoms with van der Waals surface area (Å²) in [4.78, 5) is 14.3. The van der Waals surface area contributed by atoms with Crippen LogP contribution in [0.1, 0.15) is 25.2 Å². The van der Waals surface area contributed by atoms with Crippen LogP contribution in [-0.4, -0.2) is 63.2 Å². The van der Waals surface area contributed by atoms with Gasteiger partial charge in [-0.1, -0.05) is 12.1 Å². The second-order valence-corrected chi connectivity index (χ2v) is 6.67. The van der Waals surface area contributed by atoms with Gasteiger partial charge >= 0.3 is 0 Å². The van der Waals surface area contributed by atoms with E-state index >= 15 is 0 Å². The molecule has 2 heterocycles. The van der Waals surface area contributed by atoms with Crippen molar-refractivity contribution in [3.63, 3.8) is 0 Å². The third-order valence-corrected chi connectivity index (χ3v) is 4.56.